The summed E-state index contributed by atoms with van der Waals surface area (Å²) in [5.41, 5.74) is 3.41. The second-order valence-corrected chi connectivity index (χ2v) is 7.04. The lowest BCUT2D eigenvalue weighted by atomic mass is 9.83. The molecule has 0 spiro atoms. The third kappa shape index (κ3) is 3.98. The highest BCUT2D eigenvalue weighted by molar-refractivity contribution is 7.80. The van der Waals surface area contributed by atoms with E-state index in [1.807, 2.05) is 18.2 Å². The Morgan fingerprint density at radius 1 is 0.957 bits per heavy atom. The van der Waals surface area contributed by atoms with E-state index in [4.69, 9.17) is 0 Å². The molecule has 1 saturated carbocycles. The van der Waals surface area contributed by atoms with Crippen LogP contribution in [0.1, 0.15) is 53.9 Å². The van der Waals surface area contributed by atoms with Gasteiger partial charge in [-0.1, -0.05) is 36.1 Å². The molecule has 2 heteroatoms. The number of halogens is 1. The summed E-state index contributed by atoms with van der Waals surface area (Å²) in [5.74, 6) is 6.43. The van der Waals surface area contributed by atoms with Gasteiger partial charge in [0.1, 0.15) is 5.82 Å². The van der Waals surface area contributed by atoms with Gasteiger partial charge in [0.15, 0.2) is 0 Å². The quantitative estimate of drug-likeness (QED) is 0.520. The molecule has 3 rings (SSSR count). The average molecular weight is 324 g/mol. The van der Waals surface area contributed by atoms with Gasteiger partial charge >= 0.3 is 0 Å². The van der Waals surface area contributed by atoms with Gasteiger partial charge < -0.3 is 0 Å². The maximum absolute atomic E-state index is 13.9. The Kier molecular flexibility index (Phi) is 5.08. The Morgan fingerprint density at radius 3 is 2.35 bits per heavy atom. The third-order valence-corrected chi connectivity index (χ3v) is 5.13. The Morgan fingerprint density at radius 2 is 1.65 bits per heavy atom. The highest BCUT2D eigenvalue weighted by atomic mass is 32.1. The SMILES string of the molecule is Cc1cccc(C#Cc2ccc(C3CCC(S)CC3)cc2)c1F. The van der Waals surface area contributed by atoms with Crippen LogP contribution in [0.15, 0.2) is 42.5 Å². The first-order valence-corrected chi connectivity index (χ1v) is 8.70. The van der Waals surface area contributed by atoms with Gasteiger partial charge in [0.25, 0.3) is 0 Å². The second kappa shape index (κ2) is 7.23. The van der Waals surface area contributed by atoms with Crippen LogP contribution in [-0.2, 0) is 0 Å². The van der Waals surface area contributed by atoms with E-state index in [0.717, 1.165) is 5.56 Å². The van der Waals surface area contributed by atoms with E-state index < -0.39 is 0 Å². The zero-order valence-corrected chi connectivity index (χ0v) is 14.2. The Hall–Kier alpha value is -1.72. The van der Waals surface area contributed by atoms with Crippen molar-refractivity contribution < 1.29 is 4.39 Å². The summed E-state index contributed by atoms with van der Waals surface area (Å²) in [4.78, 5) is 0. The number of hydrogen-bond donors (Lipinski definition) is 1. The molecule has 118 valence electrons. The van der Waals surface area contributed by atoms with Crippen molar-refractivity contribution in [1.82, 2.24) is 0 Å². The molecule has 23 heavy (non-hydrogen) atoms. The molecule has 0 unspecified atom stereocenters. The average Bonchev–Trinajstić information content (AvgIpc) is 2.57. The van der Waals surface area contributed by atoms with Gasteiger partial charge in [-0.05, 0) is 67.9 Å². The third-order valence-electron chi connectivity index (χ3n) is 4.61. The van der Waals surface area contributed by atoms with Gasteiger partial charge in [-0.2, -0.15) is 12.6 Å². The van der Waals surface area contributed by atoms with Crippen molar-refractivity contribution >= 4 is 12.6 Å². The highest BCUT2D eigenvalue weighted by Crippen LogP contribution is 2.34. The molecule has 2 aromatic rings. The summed E-state index contributed by atoms with van der Waals surface area (Å²) in [6, 6.07) is 13.7. The molecular weight excluding hydrogens is 303 g/mol. The molecular formula is C21H21FS. The summed E-state index contributed by atoms with van der Waals surface area (Å²) in [6.45, 7) is 1.76. The Balaban J connectivity index is 1.73. The first-order chi connectivity index (χ1) is 11.1. The summed E-state index contributed by atoms with van der Waals surface area (Å²) >= 11 is 4.56. The van der Waals surface area contributed by atoms with Crippen molar-refractivity contribution in [3.63, 3.8) is 0 Å². The van der Waals surface area contributed by atoms with E-state index in [-0.39, 0.29) is 5.82 Å². The Labute approximate surface area is 143 Å². The number of hydrogen-bond acceptors (Lipinski definition) is 1. The zero-order valence-electron chi connectivity index (χ0n) is 13.3. The molecule has 1 aliphatic carbocycles. The smallest absolute Gasteiger partial charge is 0.141 e. The van der Waals surface area contributed by atoms with Crippen LogP contribution in [0.2, 0.25) is 0 Å². The molecule has 0 atom stereocenters. The van der Waals surface area contributed by atoms with Crippen LogP contribution >= 0.6 is 12.6 Å². The molecule has 0 amide bonds. The van der Waals surface area contributed by atoms with Crippen molar-refractivity contribution in [2.24, 2.45) is 0 Å². The van der Waals surface area contributed by atoms with Gasteiger partial charge in [-0.3, -0.25) is 0 Å². The molecule has 0 N–H and O–H groups in total. The first kappa shape index (κ1) is 16.1. The maximum atomic E-state index is 13.9. The van der Waals surface area contributed by atoms with Gasteiger partial charge in [0, 0.05) is 10.8 Å². The summed E-state index contributed by atoms with van der Waals surface area (Å²) in [5, 5.41) is 0.570. The number of aryl methyl sites for hydroxylation is 1. The molecule has 1 aliphatic rings. The van der Waals surface area contributed by atoms with E-state index in [0.29, 0.717) is 22.3 Å². The monoisotopic (exact) mass is 324 g/mol. The minimum atomic E-state index is -0.222. The predicted molar refractivity (Wildman–Crippen MR) is 97.5 cm³/mol. The Bertz CT molecular complexity index is 729. The lowest BCUT2D eigenvalue weighted by Crippen LogP contribution is -2.12. The predicted octanol–water partition coefficient (Wildman–Crippen LogP) is 5.49. The second-order valence-electron chi connectivity index (χ2n) is 6.31. The van der Waals surface area contributed by atoms with Crippen LogP contribution in [0.4, 0.5) is 4.39 Å². The van der Waals surface area contributed by atoms with Gasteiger partial charge in [-0.25, -0.2) is 4.39 Å². The molecule has 0 radical (unpaired) electrons. The standard InChI is InChI=1S/C21H21FS/c1-15-3-2-4-19(21(15)22)10-7-16-5-8-17(9-6-16)18-11-13-20(23)14-12-18/h2-6,8-9,18,20,23H,11-14H2,1H3. The number of benzene rings is 2. The van der Waals surface area contributed by atoms with Crippen LogP contribution in [-0.4, -0.2) is 5.25 Å². The zero-order chi connectivity index (χ0) is 16.2. The van der Waals surface area contributed by atoms with Crippen molar-refractivity contribution in [3.8, 4) is 11.8 Å². The summed E-state index contributed by atoms with van der Waals surface area (Å²) < 4.78 is 13.9. The van der Waals surface area contributed by atoms with E-state index >= 15 is 0 Å². The molecule has 0 bridgehead atoms. The summed E-state index contributed by atoms with van der Waals surface area (Å²) in [7, 11) is 0. The molecule has 1 fully saturated rings. The fraction of sp³-hybridized carbons (Fsp3) is 0.333. The molecule has 0 saturated heterocycles. The maximum Gasteiger partial charge on any atom is 0.141 e. The lowest BCUT2D eigenvalue weighted by Gasteiger charge is -2.25. The normalized spacial score (nSPS) is 20.7. The molecule has 0 nitrogen and oxygen atoms in total. The summed E-state index contributed by atoms with van der Waals surface area (Å²) in [6.07, 6.45) is 4.82. The van der Waals surface area contributed by atoms with Gasteiger partial charge in [0.05, 0.1) is 5.56 Å². The van der Waals surface area contributed by atoms with Crippen molar-refractivity contribution in [1.29, 1.82) is 0 Å². The highest BCUT2D eigenvalue weighted by Gasteiger charge is 2.19. The van der Waals surface area contributed by atoms with E-state index in [2.05, 4.69) is 36.6 Å². The van der Waals surface area contributed by atoms with E-state index in [1.54, 1.807) is 19.1 Å². The minimum Gasteiger partial charge on any atom is -0.205 e. The van der Waals surface area contributed by atoms with Crippen LogP contribution in [0.5, 0.6) is 0 Å². The number of rotatable bonds is 1. The molecule has 0 heterocycles. The largest absolute Gasteiger partial charge is 0.205 e. The fourth-order valence-corrected chi connectivity index (χ4v) is 3.43. The molecule has 0 aliphatic heterocycles. The van der Waals surface area contributed by atoms with E-state index in [9.17, 15) is 4.39 Å². The van der Waals surface area contributed by atoms with Crippen molar-refractivity contribution in [3.05, 3.63) is 70.5 Å². The minimum absolute atomic E-state index is 0.222. The van der Waals surface area contributed by atoms with Gasteiger partial charge in [0.2, 0.25) is 0 Å². The van der Waals surface area contributed by atoms with Crippen LogP contribution in [0.25, 0.3) is 0 Å². The van der Waals surface area contributed by atoms with Gasteiger partial charge in [-0.15, -0.1) is 0 Å². The topological polar surface area (TPSA) is 0 Å². The molecule has 2 aromatic carbocycles. The van der Waals surface area contributed by atoms with Crippen molar-refractivity contribution in [2.75, 3.05) is 0 Å². The van der Waals surface area contributed by atoms with Crippen LogP contribution in [0.3, 0.4) is 0 Å². The number of thiol groups is 1. The first-order valence-electron chi connectivity index (χ1n) is 8.18. The lowest BCUT2D eigenvalue weighted by molar-refractivity contribution is 0.454. The van der Waals surface area contributed by atoms with Crippen LogP contribution < -0.4 is 0 Å². The van der Waals surface area contributed by atoms with Crippen molar-refractivity contribution in [2.45, 2.75) is 43.8 Å². The molecule has 0 aromatic heterocycles. The fourth-order valence-electron chi connectivity index (χ4n) is 3.13. The van der Waals surface area contributed by atoms with E-state index in [1.165, 1.54) is 31.2 Å². The van der Waals surface area contributed by atoms with Crippen LogP contribution in [0, 0.1) is 24.6 Å².